The summed E-state index contributed by atoms with van der Waals surface area (Å²) < 4.78 is 21.6. The topological polar surface area (TPSA) is 83.1 Å². The quantitative estimate of drug-likeness (QED) is 0.742. The second-order valence-corrected chi connectivity index (χ2v) is 7.96. The Bertz CT molecular complexity index is 1050. The van der Waals surface area contributed by atoms with Crippen LogP contribution in [0.5, 0.6) is 23.0 Å². The molecule has 7 heteroatoms. The third kappa shape index (κ3) is 3.90. The summed E-state index contributed by atoms with van der Waals surface area (Å²) in [6, 6.07) is 11.3. The molecule has 32 heavy (non-hydrogen) atoms. The molecule has 0 saturated carbocycles. The summed E-state index contributed by atoms with van der Waals surface area (Å²) in [6.07, 6.45) is 1.16. The average Bonchev–Trinajstić information content (AvgIpc) is 2.82. The molecule has 1 aliphatic heterocycles. The molecule has 0 spiro atoms. The van der Waals surface area contributed by atoms with E-state index in [0.29, 0.717) is 41.4 Å². The molecule has 2 aliphatic rings. The Morgan fingerprint density at radius 3 is 2.00 bits per heavy atom. The number of carbonyl (C=O) groups excluding carboxylic acids is 2. The Kier molecular flexibility index (Phi) is 6.08. The molecule has 7 nitrogen and oxygen atoms in total. The maximum atomic E-state index is 13.3. The van der Waals surface area contributed by atoms with E-state index >= 15 is 0 Å². The van der Waals surface area contributed by atoms with Crippen molar-refractivity contribution in [3.63, 3.8) is 0 Å². The van der Waals surface area contributed by atoms with Crippen LogP contribution in [0.1, 0.15) is 42.2 Å². The predicted octanol–water partition coefficient (Wildman–Crippen LogP) is 3.73. The molecule has 2 aromatic rings. The molecule has 2 atom stereocenters. The molecule has 1 amide bonds. The molecule has 0 saturated heterocycles. The summed E-state index contributed by atoms with van der Waals surface area (Å²) in [6.45, 7) is 0. The first-order valence-corrected chi connectivity index (χ1v) is 10.5. The van der Waals surface area contributed by atoms with Gasteiger partial charge < -0.3 is 24.3 Å². The van der Waals surface area contributed by atoms with Gasteiger partial charge in [0.15, 0.2) is 17.3 Å². The number of hydrogen-bond donors (Lipinski definition) is 1. The van der Waals surface area contributed by atoms with Gasteiger partial charge in [-0.25, -0.2) is 0 Å². The molecule has 1 heterocycles. The lowest BCUT2D eigenvalue weighted by molar-refractivity contribution is -0.122. The summed E-state index contributed by atoms with van der Waals surface area (Å²) >= 11 is 0. The minimum atomic E-state index is -0.252. The highest BCUT2D eigenvalue weighted by molar-refractivity contribution is 6.02. The van der Waals surface area contributed by atoms with Crippen LogP contribution in [0.15, 0.2) is 47.7 Å². The average molecular weight is 437 g/mol. The highest BCUT2D eigenvalue weighted by Gasteiger charge is 2.38. The molecule has 0 aromatic heterocycles. The molecule has 0 radical (unpaired) electrons. The van der Waals surface area contributed by atoms with E-state index in [-0.39, 0.29) is 29.9 Å². The van der Waals surface area contributed by atoms with Crippen LogP contribution in [-0.2, 0) is 9.59 Å². The fourth-order valence-corrected chi connectivity index (χ4v) is 4.65. The van der Waals surface area contributed by atoms with Crippen molar-refractivity contribution in [3.8, 4) is 23.0 Å². The van der Waals surface area contributed by atoms with Crippen molar-refractivity contribution in [2.45, 2.75) is 31.1 Å². The zero-order chi connectivity index (χ0) is 22.8. The van der Waals surface area contributed by atoms with Crippen LogP contribution >= 0.6 is 0 Å². The lowest BCUT2D eigenvalue weighted by Gasteiger charge is -2.34. The number of Topliss-reactive ketones (excluding diaryl/α,β-unsaturated/α-hetero) is 1. The fraction of sp³-hybridized carbons (Fsp3) is 0.360. The van der Waals surface area contributed by atoms with Crippen molar-refractivity contribution in [1.29, 1.82) is 0 Å². The normalized spacial score (nSPS) is 20.4. The van der Waals surface area contributed by atoms with Crippen LogP contribution in [0.3, 0.4) is 0 Å². The summed E-state index contributed by atoms with van der Waals surface area (Å²) in [5, 5.41) is 2.96. The molecule has 0 fully saturated rings. The molecule has 0 unspecified atom stereocenters. The number of hydrogen-bond acceptors (Lipinski definition) is 6. The first-order chi connectivity index (χ1) is 15.5. The highest BCUT2D eigenvalue weighted by atomic mass is 16.5. The van der Waals surface area contributed by atoms with Crippen molar-refractivity contribution < 1.29 is 28.5 Å². The van der Waals surface area contributed by atoms with E-state index in [9.17, 15) is 9.59 Å². The molecule has 1 N–H and O–H groups in total. The first kappa shape index (κ1) is 21.7. The van der Waals surface area contributed by atoms with Gasteiger partial charge in [0.2, 0.25) is 11.7 Å². The number of allylic oxidation sites excluding steroid dienone is 2. The maximum absolute atomic E-state index is 13.3. The number of benzene rings is 2. The molecule has 2 aromatic carbocycles. The van der Waals surface area contributed by atoms with Gasteiger partial charge in [-0.1, -0.05) is 12.1 Å². The van der Waals surface area contributed by atoms with Gasteiger partial charge in [-0.15, -0.1) is 0 Å². The van der Waals surface area contributed by atoms with E-state index in [1.165, 1.54) is 0 Å². The molecular formula is C25H27NO6. The molecule has 4 rings (SSSR count). The van der Waals surface area contributed by atoms with Crippen molar-refractivity contribution in [1.82, 2.24) is 5.32 Å². The fourth-order valence-electron chi connectivity index (χ4n) is 4.65. The van der Waals surface area contributed by atoms with Crippen LogP contribution < -0.4 is 24.3 Å². The second-order valence-electron chi connectivity index (χ2n) is 7.96. The molecule has 1 aliphatic carbocycles. The minimum Gasteiger partial charge on any atom is -0.497 e. The lowest BCUT2D eigenvalue weighted by atomic mass is 9.73. The minimum absolute atomic E-state index is 0.0471. The number of methoxy groups -OCH3 is 4. The van der Waals surface area contributed by atoms with E-state index in [2.05, 4.69) is 5.32 Å². The van der Waals surface area contributed by atoms with Gasteiger partial charge in [-0.3, -0.25) is 9.59 Å². The Labute approximate surface area is 187 Å². The monoisotopic (exact) mass is 437 g/mol. The molecule has 168 valence electrons. The molecular weight excluding hydrogens is 410 g/mol. The summed E-state index contributed by atoms with van der Waals surface area (Å²) in [5.74, 6) is 1.93. The number of carbonyl (C=O) groups is 2. The molecule has 0 bridgehead atoms. The number of nitrogens with one attached hydrogen (secondary N) is 1. The summed E-state index contributed by atoms with van der Waals surface area (Å²) in [4.78, 5) is 25.9. The third-order valence-corrected chi connectivity index (χ3v) is 6.21. The third-order valence-electron chi connectivity index (χ3n) is 6.21. The van der Waals surface area contributed by atoms with Gasteiger partial charge in [0.05, 0.1) is 28.4 Å². The van der Waals surface area contributed by atoms with E-state index in [1.807, 2.05) is 36.4 Å². The summed E-state index contributed by atoms with van der Waals surface area (Å²) in [7, 11) is 6.29. The second kappa shape index (κ2) is 8.94. The maximum Gasteiger partial charge on any atom is 0.225 e. The van der Waals surface area contributed by atoms with E-state index in [0.717, 1.165) is 16.9 Å². The standard InChI is InChI=1S/C25H27NO6/c1-29-17-7-5-14(6-8-17)18-13-23(28)26-19-9-15(10-20(27)24(18)19)16-11-21(30-2)25(32-4)22(12-16)31-3/h5-8,11-12,15,18H,9-10,13H2,1-4H3,(H,26,28)/t15-,18+/m0/s1. The van der Waals surface area contributed by atoms with Crippen molar-refractivity contribution in [2.24, 2.45) is 0 Å². The van der Waals surface area contributed by atoms with Crippen LogP contribution in [-0.4, -0.2) is 40.1 Å². The number of ether oxygens (including phenoxy) is 4. The Morgan fingerprint density at radius 2 is 1.44 bits per heavy atom. The number of amides is 1. The van der Waals surface area contributed by atoms with E-state index < -0.39 is 0 Å². The van der Waals surface area contributed by atoms with E-state index in [4.69, 9.17) is 18.9 Å². The number of ketones is 1. The van der Waals surface area contributed by atoms with Gasteiger partial charge in [-0.2, -0.15) is 0 Å². The number of rotatable bonds is 6. The predicted molar refractivity (Wildman–Crippen MR) is 119 cm³/mol. The first-order valence-electron chi connectivity index (χ1n) is 10.5. The van der Waals surface area contributed by atoms with Gasteiger partial charge in [0, 0.05) is 30.0 Å². The largest absolute Gasteiger partial charge is 0.497 e. The summed E-state index contributed by atoms with van der Waals surface area (Å²) in [5.41, 5.74) is 3.25. The van der Waals surface area contributed by atoms with Crippen molar-refractivity contribution >= 4 is 11.7 Å². The zero-order valence-electron chi connectivity index (χ0n) is 18.7. The van der Waals surface area contributed by atoms with Gasteiger partial charge in [0.25, 0.3) is 0 Å². The SMILES string of the molecule is COc1ccc([C@H]2CC(=O)NC3=C2C(=O)C[C@@H](c2cc(OC)c(OC)c(OC)c2)C3)cc1. The van der Waals surface area contributed by atoms with Crippen LogP contribution in [0.25, 0.3) is 0 Å². The van der Waals surface area contributed by atoms with Gasteiger partial charge in [-0.05, 0) is 47.7 Å². The lowest BCUT2D eigenvalue weighted by Crippen LogP contribution is -2.38. The zero-order valence-corrected chi connectivity index (χ0v) is 18.7. The smallest absolute Gasteiger partial charge is 0.225 e. The van der Waals surface area contributed by atoms with Crippen LogP contribution in [0.4, 0.5) is 0 Å². The van der Waals surface area contributed by atoms with Crippen LogP contribution in [0.2, 0.25) is 0 Å². The van der Waals surface area contributed by atoms with Crippen LogP contribution in [0, 0.1) is 0 Å². The highest BCUT2D eigenvalue weighted by Crippen LogP contribution is 2.46. The van der Waals surface area contributed by atoms with Crippen molar-refractivity contribution in [3.05, 3.63) is 58.8 Å². The van der Waals surface area contributed by atoms with Gasteiger partial charge in [0.1, 0.15) is 5.75 Å². The Morgan fingerprint density at radius 1 is 0.781 bits per heavy atom. The van der Waals surface area contributed by atoms with Gasteiger partial charge >= 0.3 is 0 Å². The van der Waals surface area contributed by atoms with Crippen molar-refractivity contribution in [2.75, 3.05) is 28.4 Å². The van der Waals surface area contributed by atoms with E-state index in [1.54, 1.807) is 28.4 Å². The Balaban J connectivity index is 1.70. The Hall–Kier alpha value is -3.48.